The van der Waals surface area contributed by atoms with Gasteiger partial charge in [-0.25, -0.2) is 0 Å². The molecule has 1 heterocycles. The summed E-state index contributed by atoms with van der Waals surface area (Å²) in [7, 11) is 0. The van der Waals surface area contributed by atoms with Crippen molar-refractivity contribution in [2.45, 2.75) is 6.42 Å². The van der Waals surface area contributed by atoms with Crippen LogP contribution in [0.5, 0.6) is 5.75 Å². The van der Waals surface area contributed by atoms with E-state index in [2.05, 4.69) is 4.98 Å². The van der Waals surface area contributed by atoms with Gasteiger partial charge >= 0.3 is 0 Å². The first kappa shape index (κ1) is 13.3. The van der Waals surface area contributed by atoms with Gasteiger partial charge in [-0.05, 0) is 41.5 Å². The highest BCUT2D eigenvalue weighted by atomic mass is 35.5. The van der Waals surface area contributed by atoms with E-state index < -0.39 is 0 Å². The lowest BCUT2D eigenvalue weighted by molar-refractivity contribution is 0.104. The molecule has 0 spiro atoms. The molecular formula is C15H12ClNO2. The van der Waals surface area contributed by atoms with E-state index in [1.807, 2.05) is 18.2 Å². The van der Waals surface area contributed by atoms with Crippen LogP contribution in [0.2, 0.25) is 0 Å². The van der Waals surface area contributed by atoms with Gasteiger partial charge in [0.2, 0.25) is 0 Å². The summed E-state index contributed by atoms with van der Waals surface area (Å²) in [5.41, 5.74) is 3.22. The van der Waals surface area contributed by atoms with Crippen LogP contribution in [0.1, 0.15) is 21.5 Å². The Kier molecular flexibility index (Phi) is 3.67. The molecule has 0 saturated carbocycles. The third kappa shape index (κ3) is 2.51. The molecule has 0 amide bonds. The van der Waals surface area contributed by atoms with Crippen molar-refractivity contribution in [3.05, 3.63) is 65.0 Å². The first-order valence-corrected chi connectivity index (χ1v) is 5.71. The number of halogens is 1. The van der Waals surface area contributed by atoms with Crippen LogP contribution in [0.3, 0.4) is 0 Å². The van der Waals surface area contributed by atoms with E-state index >= 15 is 0 Å². The molecule has 1 aromatic heterocycles. The molecule has 4 heteroatoms. The average molecular weight is 274 g/mol. The molecule has 0 radical (unpaired) electrons. The minimum atomic E-state index is 0. The molecule has 19 heavy (non-hydrogen) atoms. The molecule has 1 aliphatic rings. The average Bonchev–Trinajstić information content (AvgIpc) is 2.67. The molecule has 0 bridgehead atoms. The first-order valence-electron chi connectivity index (χ1n) is 5.71. The van der Waals surface area contributed by atoms with Crippen LogP contribution in [0, 0.1) is 0 Å². The molecule has 1 N–H and O–H groups in total. The number of aromatic hydroxyl groups is 1. The lowest BCUT2D eigenvalue weighted by Crippen LogP contribution is -1.95. The van der Waals surface area contributed by atoms with Crippen LogP contribution in [0.15, 0.2) is 48.3 Å². The number of hydrogen-bond donors (Lipinski definition) is 1. The molecule has 2 aromatic rings. The van der Waals surface area contributed by atoms with Crippen molar-refractivity contribution in [1.29, 1.82) is 0 Å². The summed E-state index contributed by atoms with van der Waals surface area (Å²) in [4.78, 5) is 16.2. The SMILES string of the molecule is Cl.O=C1/C(=C/c2cccnc2)Cc2cc(O)ccc21. The number of carbonyl (C=O) groups excluding carboxylic acids is 1. The summed E-state index contributed by atoms with van der Waals surface area (Å²) >= 11 is 0. The molecule has 3 rings (SSSR count). The molecule has 0 aliphatic heterocycles. The minimum absolute atomic E-state index is 0. The number of fused-ring (bicyclic) bond motifs is 1. The number of pyridine rings is 1. The Morgan fingerprint density at radius 2 is 2.11 bits per heavy atom. The number of hydrogen-bond acceptors (Lipinski definition) is 3. The van der Waals surface area contributed by atoms with Gasteiger partial charge in [0.05, 0.1) is 0 Å². The predicted octanol–water partition coefficient (Wildman–Crippen LogP) is 3.03. The molecule has 0 unspecified atom stereocenters. The Morgan fingerprint density at radius 3 is 2.84 bits per heavy atom. The zero-order chi connectivity index (χ0) is 12.5. The summed E-state index contributed by atoms with van der Waals surface area (Å²) in [6.45, 7) is 0. The Balaban J connectivity index is 0.00000133. The highest BCUT2D eigenvalue weighted by Crippen LogP contribution is 2.30. The van der Waals surface area contributed by atoms with E-state index in [0.717, 1.165) is 16.7 Å². The standard InChI is InChI=1S/C15H11NO2.ClH/c17-13-3-4-14-11(8-13)7-12(15(14)18)6-10-2-1-5-16-9-10;/h1-6,8-9,17H,7H2;1H/b12-6+;. The van der Waals surface area contributed by atoms with Gasteiger partial charge < -0.3 is 5.11 Å². The molecule has 3 nitrogen and oxygen atoms in total. The number of rotatable bonds is 1. The topological polar surface area (TPSA) is 50.2 Å². The van der Waals surface area contributed by atoms with Gasteiger partial charge in [0.15, 0.2) is 5.78 Å². The number of phenolic OH excluding ortho intramolecular Hbond substituents is 1. The maximum absolute atomic E-state index is 12.1. The normalized spacial score (nSPS) is 15.2. The fourth-order valence-corrected chi connectivity index (χ4v) is 2.19. The second-order valence-corrected chi connectivity index (χ2v) is 4.30. The van der Waals surface area contributed by atoms with Crippen molar-refractivity contribution < 1.29 is 9.90 Å². The van der Waals surface area contributed by atoms with Crippen LogP contribution in [-0.2, 0) is 6.42 Å². The van der Waals surface area contributed by atoms with Crippen molar-refractivity contribution >= 4 is 24.3 Å². The van der Waals surface area contributed by atoms with Gasteiger partial charge in [-0.15, -0.1) is 12.4 Å². The molecule has 96 valence electrons. The number of aromatic nitrogens is 1. The Hall–Kier alpha value is -2.13. The quantitative estimate of drug-likeness (QED) is 0.813. The first-order chi connectivity index (χ1) is 8.74. The van der Waals surface area contributed by atoms with Crippen molar-refractivity contribution in [2.75, 3.05) is 0 Å². The lowest BCUT2D eigenvalue weighted by atomic mass is 10.1. The monoisotopic (exact) mass is 273 g/mol. The number of phenols is 1. The Bertz CT molecular complexity index is 650. The summed E-state index contributed by atoms with van der Waals surface area (Å²) in [6, 6.07) is 8.62. The zero-order valence-corrected chi connectivity index (χ0v) is 10.9. The highest BCUT2D eigenvalue weighted by molar-refractivity contribution is 6.15. The highest BCUT2D eigenvalue weighted by Gasteiger charge is 2.24. The summed E-state index contributed by atoms with van der Waals surface area (Å²) in [6.07, 6.45) is 5.84. The van der Waals surface area contributed by atoms with Crippen LogP contribution >= 0.6 is 12.4 Å². The lowest BCUT2D eigenvalue weighted by Gasteiger charge is -1.95. The predicted molar refractivity (Wildman–Crippen MR) is 75.6 cm³/mol. The van der Waals surface area contributed by atoms with Gasteiger partial charge in [-0.1, -0.05) is 6.07 Å². The van der Waals surface area contributed by atoms with E-state index in [0.29, 0.717) is 12.0 Å². The van der Waals surface area contributed by atoms with Crippen LogP contribution in [0.4, 0.5) is 0 Å². The third-order valence-corrected chi connectivity index (χ3v) is 3.03. The second kappa shape index (κ2) is 5.24. The number of benzene rings is 1. The molecule has 0 atom stereocenters. The van der Waals surface area contributed by atoms with Crippen molar-refractivity contribution in [3.63, 3.8) is 0 Å². The molecule has 1 aliphatic carbocycles. The minimum Gasteiger partial charge on any atom is -0.508 e. The van der Waals surface area contributed by atoms with E-state index in [4.69, 9.17) is 0 Å². The number of allylic oxidation sites excluding steroid dienone is 1. The maximum atomic E-state index is 12.1. The number of Topliss-reactive ketones (excluding diaryl/α,β-unsaturated/α-hetero) is 1. The molecular weight excluding hydrogens is 262 g/mol. The summed E-state index contributed by atoms with van der Waals surface area (Å²) in [5.74, 6) is 0.234. The van der Waals surface area contributed by atoms with E-state index in [9.17, 15) is 9.90 Å². The largest absolute Gasteiger partial charge is 0.508 e. The van der Waals surface area contributed by atoms with Gasteiger partial charge in [0.25, 0.3) is 0 Å². The number of nitrogens with zero attached hydrogens (tertiary/aromatic N) is 1. The summed E-state index contributed by atoms with van der Waals surface area (Å²) < 4.78 is 0. The smallest absolute Gasteiger partial charge is 0.189 e. The number of carbonyl (C=O) groups is 1. The van der Waals surface area contributed by atoms with E-state index in [1.165, 1.54) is 0 Å². The van der Waals surface area contributed by atoms with Crippen molar-refractivity contribution in [2.24, 2.45) is 0 Å². The van der Waals surface area contributed by atoms with E-state index in [-0.39, 0.29) is 23.9 Å². The third-order valence-electron chi connectivity index (χ3n) is 3.03. The van der Waals surface area contributed by atoms with Crippen LogP contribution in [0.25, 0.3) is 6.08 Å². The summed E-state index contributed by atoms with van der Waals surface area (Å²) in [5, 5.41) is 9.42. The van der Waals surface area contributed by atoms with Gasteiger partial charge in [-0.2, -0.15) is 0 Å². The maximum Gasteiger partial charge on any atom is 0.189 e. The molecule has 0 fully saturated rings. The van der Waals surface area contributed by atoms with E-state index in [1.54, 1.807) is 30.6 Å². The zero-order valence-electron chi connectivity index (χ0n) is 10.0. The van der Waals surface area contributed by atoms with Crippen molar-refractivity contribution in [1.82, 2.24) is 4.98 Å². The van der Waals surface area contributed by atoms with Gasteiger partial charge in [0.1, 0.15) is 5.75 Å². The van der Waals surface area contributed by atoms with Gasteiger partial charge in [0, 0.05) is 30.0 Å². The molecule has 1 aromatic carbocycles. The van der Waals surface area contributed by atoms with Gasteiger partial charge in [-0.3, -0.25) is 9.78 Å². The fraction of sp³-hybridized carbons (Fsp3) is 0.0667. The number of ketones is 1. The Morgan fingerprint density at radius 1 is 1.26 bits per heavy atom. The second-order valence-electron chi connectivity index (χ2n) is 4.30. The van der Waals surface area contributed by atoms with Crippen molar-refractivity contribution in [3.8, 4) is 5.75 Å². The van der Waals surface area contributed by atoms with Crippen LogP contribution < -0.4 is 0 Å². The molecule has 0 saturated heterocycles. The fourth-order valence-electron chi connectivity index (χ4n) is 2.19. The Labute approximate surface area is 117 Å². The van der Waals surface area contributed by atoms with Crippen LogP contribution in [-0.4, -0.2) is 15.9 Å².